The van der Waals surface area contributed by atoms with Crippen molar-refractivity contribution in [2.24, 2.45) is 0 Å². The van der Waals surface area contributed by atoms with Crippen LogP contribution in [0.25, 0.3) is 0 Å². The molecule has 0 bridgehead atoms. The van der Waals surface area contributed by atoms with Crippen LogP contribution in [0.4, 0.5) is 4.39 Å². The zero-order chi connectivity index (χ0) is 14.2. The van der Waals surface area contributed by atoms with Gasteiger partial charge in [0.05, 0.1) is 6.67 Å². The number of hydrogen-bond acceptors (Lipinski definition) is 2. The summed E-state index contributed by atoms with van der Waals surface area (Å²) in [7, 11) is 0. The zero-order valence-electron chi connectivity index (χ0n) is 11.9. The molecule has 0 aromatic heterocycles. The van der Waals surface area contributed by atoms with Crippen LogP contribution in [-0.2, 0) is 9.59 Å². The first kappa shape index (κ1) is 13.8. The Kier molecular flexibility index (Phi) is 3.46. The van der Waals surface area contributed by atoms with Gasteiger partial charge in [0.25, 0.3) is 0 Å². The number of nitrogens with one attached hydrogen (secondary N) is 1. The van der Waals surface area contributed by atoms with Crippen molar-refractivity contribution in [3.05, 3.63) is 0 Å². The SMILES string of the molecule is O=C1N(CCCF)C2(CCCC2)C(=O)NC12CCCC2. The van der Waals surface area contributed by atoms with Gasteiger partial charge < -0.3 is 10.2 Å². The third-order valence-electron chi connectivity index (χ3n) is 5.35. The monoisotopic (exact) mass is 282 g/mol. The Hall–Kier alpha value is -1.13. The smallest absolute Gasteiger partial charge is 0.249 e. The number of carbonyl (C=O) groups is 2. The fourth-order valence-electron chi connectivity index (χ4n) is 4.27. The van der Waals surface area contributed by atoms with Gasteiger partial charge in [-0.15, -0.1) is 0 Å². The minimum atomic E-state index is -0.680. The molecule has 1 aliphatic heterocycles. The van der Waals surface area contributed by atoms with E-state index in [0.717, 1.165) is 51.4 Å². The number of hydrogen-bond donors (Lipinski definition) is 1. The summed E-state index contributed by atoms with van der Waals surface area (Å²) >= 11 is 0. The Labute approximate surface area is 119 Å². The highest BCUT2D eigenvalue weighted by Gasteiger charge is 2.59. The summed E-state index contributed by atoms with van der Waals surface area (Å²) in [6.07, 6.45) is 7.17. The van der Waals surface area contributed by atoms with Crippen LogP contribution in [0.3, 0.4) is 0 Å². The highest BCUT2D eigenvalue weighted by Crippen LogP contribution is 2.43. The lowest BCUT2D eigenvalue weighted by Crippen LogP contribution is -2.74. The topological polar surface area (TPSA) is 49.4 Å². The second kappa shape index (κ2) is 5.01. The molecule has 3 fully saturated rings. The van der Waals surface area contributed by atoms with Gasteiger partial charge in [0.1, 0.15) is 11.1 Å². The second-order valence-electron chi connectivity index (χ2n) is 6.48. The van der Waals surface area contributed by atoms with Crippen LogP contribution in [0, 0.1) is 0 Å². The van der Waals surface area contributed by atoms with Gasteiger partial charge in [-0.25, -0.2) is 0 Å². The Morgan fingerprint density at radius 3 is 2.25 bits per heavy atom. The van der Waals surface area contributed by atoms with E-state index in [1.165, 1.54) is 0 Å². The molecule has 0 unspecified atom stereocenters. The van der Waals surface area contributed by atoms with Crippen molar-refractivity contribution < 1.29 is 14.0 Å². The van der Waals surface area contributed by atoms with Crippen molar-refractivity contribution in [1.29, 1.82) is 0 Å². The van der Waals surface area contributed by atoms with Crippen molar-refractivity contribution in [2.75, 3.05) is 13.2 Å². The number of halogens is 1. The first-order chi connectivity index (χ1) is 9.65. The lowest BCUT2D eigenvalue weighted by atomic mass is 9.82. The van der Waals surface area contributed by atoms with Crippen LogP contribution < -0.4 is 5.32 Å². The number of piperazine rings is 1. The lowest BCUT2D eigenvalue weighted by molar-refractivity contribution is -0.163. The van der Waals surface area contributed by atoms with Gasteiger partial charge in [-0.3, -0.25) is 14.0 Å². The summed E-state index contributed by atoms with van der Waals surface area (Å²) in [5, 5.41) is 3.06. The molecular weight excluding hydrogens is 259 g/mol. The summed E-state index contributed by atoms with van der Waals surface area (Å²) in [6.45, 7) is -0.0566. The quantitative estimate of drug-likeness (QED) is 0.860. The van der Waals surface area contributed by atoms with Crippen molar-refractivity contribution in [1.82, 2.24) is 10.2 Å². The van der Waals surface area contributed by atoms with Gasteiger partial charge >= 0.3 is 0 Å². The molecule has 2 aliphatic carbocycles. The predicted octanol–water partition coefficient (Wildman–Crippen LogP) is 1.93. The van der Waals surface area contributed by atoms with E-state index >= 15 is 0 Å². The third kappa shape index (κ3) is 1.85. The van der Waals surface area contributed by atoms with Gasteiger partial charge in [0.2, 0.25) is 11.8 Å². The third-order valence-corrected chi connectivity index (χ3v) is 5.35. The number of nitrogens with zero attached hydrogens (tertiary/aromatic N) is 1. The molecular formula is C15H23FN2O2. The molecule has 2 spiro atoms. The first-order valence-corrected chi connectivity index (χ1v) is 7.85. The van der Waals surface area contributed by atoms with Crippen molar-refractivity contribution in [2.45, 2.75) is 68.9 Å². The molecule has 112 valence electrons. The summed E-state index contributed by atoms with van der Waals surface area (Å²) < 4.78 is 12.6. The number of amides is 2. The zero-order valence-corrected chi connectivity index (χ0v) is 11.9. The molecule has 1 N–H and O–H groups in total. The molecule has 0 aromatic carbocycles. The van der Waals surface area contributed by atoms with Gasteiger partial charge in [0, 0.05) is 6.54 Å². The van der Waals surface area contributed by atoms with E-state index in [-0.39, 0.29) is 11.8 Å². The van der Waals surface area contributed by atoms with E-state index in [1.807, 2.05) is 0 Å². The maximum atomic E-state index is 13.0. The van der Waals surface area contributed by atoms with Crippen LogP contribution in [-0.4, -0.2) is 41.0 Å². The van der Waals surface area contributed by atoms with E-state index in [2.05, 4.69) is 5.32 Å². The molecule has 2 saturated carbocycles. The predicted molar refractivity (Wildman–Crippen MR) is 72.8 cm³/mol. The van der Waals surface area contributed by atoms with Gasteiger partial charge in [-0.05, 0) is 32.1 Å². The molecule has 2 amide bonds. The fourth-order valence-corrected chi connectivity index (χ4v) is 4.27. The molecule has 1 saturated heterocycles. The van der Waals surface area contributed by atoms with E-state index in [0.29, 0.717) is 13.0 Å². The molecule has 0 radical (unpaired) electrons. The largest absolute Gasteiger partial charge is 0.340 e. The Bertz CT molecular complexity index is 412. The second-order valence-corrected chi connectivity index (χ2v) is 6.48. The molecule has 5 heteroatoms. The van der Waals surface area contributed by atoms with Gasteiger partial charge in [0.15, 0.2) is 0 Å². The van der Waals surface area contributed by atoms with Crippen molar-refractivity contribution in [3.8, 4) is 0 Å². The average Bonchev–Trinajstić information content (AvgIpc) is 3.08. The van der Waals surface area contributed by atoms with Crippen LogP contribution in [0.15, 0.2) is 0 Å². The van der Waals surface area contributed by atoms with E-state index < -0.39 is 17.8 Å². The van der Waals surface area contributed by atoms with E-state index in [4.69, 9.17) is 0 Å². The normalized spacial score (nSPS) is 27.6. The molecule has 4 nitrogen and oxygen atoms in total. The van der Waals surface area contributed by atoms with E-state index in [9.17, 15) is 14.0 Å². The Balaban J connectivity index is 1.92. The van der Waals surface area contributed by atoms with Crippen LogP contribution >= 0.6 is 0 Å². The van der Waals surface area contributed by atoms with Gasteiger partial charge in [-0.2, -0.15) is 0 Å². The standard InChI is InChI=1S/C15H23FN2O2/c16-10-5-11-18-13(20)14(6-1-2-7-14)17-12(19)15(18)8-3-4-9-15/h1-11H2,(H,17,19). The highest BCUT2D eigenvalue weighted by molar-refractivity contribution is 6.02. The maximum Gasteiger partial charge on any atom is 0.249 e. The maximum absolute atomic E-state index is 13.0. The van der Waals surface area contributed by atoms with Crippen LogP contribution in [0.2, 0.25) is 0 Å². The molecule has 20 heavy (non-hydrogen) atoms. The van der Waals surface area contributed by atoms with Crippen LogP contribution in [0.1, 0.15) is 57.8 Å². The van der Waals surface area contributed by atoms with Crippen LogP contribution in [0.5, 0.6) is 0 Å². The fraction of sp³-hybridized carbons (Fsp3) is 0.867. The van der Waals surface area contributed by atoms with Crippen molar-refractivity contribution in [3.63, 3.8) is 0 Å². The first-order valence-electron chi connectivity index (χ1n) is 7.85. The summed E-state index contributed by atoms with van der Waals surface area (Å²) in [4.78, 5) is 27.4. The Morgan fingerprint density at radius 2 is 1.65 bits per heavy atom. The van der Waals surface area contributed by atoms with Crippen molar-refractivity contribution >= 4 is 11.8 Å². The van der Waals surface area contributed by atoms with Gasteiger partial charge in [-0.1, -0.05) is 25.7 Å². The minimum absolute atomic E-state index is 0.00959. The summed E-state index contributed by atoms with van der Waals surface area (Å²) in [5.74, 6) is 0.0558. The Morgan fingerprint density at radius 1 is 1.05 bits per heavy atom. The summed E-state index contributed by atoms with van der Waals surface area (Å²) in [5.41, 5.74) is -1.36. The number of alkyl halides is 1. The molecule has 3 rings (SSSR count). The molecule has 3 aliphatic rings. The molecule has 0 atom stereocenters. The number of rotatable bonds is 3. The molecule has 0 aromatic rings. The average molecular weight is 282 g/mol. The van der Waals surface area contributed by atoms with E-state index in [1.54, 1.807) is 4.90 Å². The molecule has 1 heterocycles. The summed E-state index contributed by atoms with van der Waals surface area (Å²) in [6, 6.07) is 0. The highest BCUT2D eigenvalue weighted by atomic mass is 19.1. The number of carbonyl (C=O) groups excluding carboxylic acids is 2. The lowest BCUT2D eigenvalue weighted by Gasteiger charge is -2.50. The minimum Gasteiger partial charge on any atom is -0.340 e.